The Morgan fingerprint density at radius 1 is 1.30 bits per heavy atom. The Labute approximate surface area is 168 Å². The number of amides is 1. The zero-order chi connectivity index (χ0) is 19.4. The molecule has 7 nitrogen and oxygen atoms in total. The van der Waals surface area contributed by atoms with Crippen LogP contribution in [0, 0.1) is 6.92 Å². The Hall–Kier alpha value is -1.58. The minimum atomic E-state index is -0.449. The number of aryl methyl sites for hydroxylation is 1. The second-order valence-corrected chi connectivity index (χ2v) is 9.43. The molecule has 0 N–H and O–H groups in total. The lowest BCUT2D eigenvalue weighted by Gasteiger charge is -2.35. The van der Waals surface area contributed by atoms with Crippen molar-refractivity contribution in [3.8, 4) is 10.8 Å². The van der Waals surface area contributed by atoms with E-state index in [0.29, 0.717) is 24.2 Å². The number of thiophene rings is 1. The molecule has 0 saturated carbocycles. The molecule has 9 heteroatoms. The van der Waals surface area contributed by atoms with E-state index in [2.05, 4.69) is 15.1 Å². The van der Waals surface area contributed by atoms with Crippen LogP contribution in [0.1, 0.15) is 26.3 Å². The molecule has 0 radical (unpaired) electrons. The first kappa shape index (κ1) is 20.2. The summed E-state index contributed by atoms with van der Waals surface area (Å²) < 4.78 is 11.2. The molecule has 3 heterocycles. The van der Waals surface area contributed by atoms with Gasteiger partial charge in [-0.1, -0.05) is 11.8 Å². The van der Waals surface area contributed by atoms with Crippen molar-refractivity contribution in [1.29, 1.82) is 0 Å². The summed E-state index contributed by atoms with van der Waals surface area (Å²) in [4.78, 5) is 17.3. The van der Waals surface area contributed by atoms with E-state index in [4.69, 9.17) is 9.15 Å². The van der Waals surface area contributed by atoms with E-state index >= 15 is 0 Å². The molecule has 1 aliphatic heterocycles. The van der Waals surface area contributed by atoms with Crippen molar-refractivity contribution in [2.24, 2.45) is 0 Å². The minimum Gasteiger partial charge on any atom is -0.444 e. The van der Waals surface area contributed by atoms with Gasteiger partial charge in [0.2, 0.25) is 0 Å². The molecular formula is C18H26N4O3S2. The van der Waals surface area contributed by atoms with Crippen LogP contribution in [0.25, 0.3) is 10.8 Å². The molecule has 1 fully saturated rings. The van der Waals surface area contributed by atoms with E-state index < -0.39 is 5.60 Å². The molecule has 0 spiro atoms. The van der Waals surface area contributed by atoms with Crippen LogP contribution >= 0.6 is 23.1 Å². The third-order valence-corrected chi connectivity index (χ3v) is 5.92. The number of carbonyl (C=O) groups is 1. The van der Waals surface area contributed by atoms with Crippen LogP contribution in [-0.4, -0.2) is 70.2 Å². The smallest absolute Gasteiger partial charge is 0.410 e. The topological polar surface area (TPSA) is 71.7 Å². The third kappa shape index (κ3) is 5.70. The number of carbonyl (C=O) groups excluding carboxylic acids is 1. The average molecular weight is 411 g/mol. The van der Waals surface area contributed by atoms with Crippen molar-refractivity contribution in [3.05, 3.63) is 17.0 Å². The Bertz CT molecular complexity index is 761. The van der Waals surface area contributed by atoms with E-state index in [1.54, 1.807) is 28.0 Å². The minimum absolute atomic E-state index is 0.223. The summed E-state index contributed by atoms with van der Waals surface area (Å²) in [7, 11) is 0. The molecule has 27 heavy (non-hydrogen) atoms. The Morgan fingerprint density at radius 3 is 2.67 bits per heavy atom. The predicted octanol–water partition coefficient (Wildman–Crippen LogP) is 3.75. The second-order valence-electron chi connectivity index (χ2n) is 7.46. The maximum atomic E-state index is 12.1. The van der Waals surface area contributed by atoms with Crippen molar-refractivity contribution in [1.82, 2.24) is 20.0 Å². The van der Waals surface area contributed by atoms with Gasteiger partial charge in [0.1, 0.15) is 5.60 Å². The molecule has 0 atom stereocenters. The van der Waals surface area contributed by atoms with Gasteiger partial charge in [0, 0.05) is 38.5 Å². The van der Waals surface area contributed by atoms with Gasteiger partial charge in [-0.3, -0.25) is 4.90 Å². The van der Waals surface area contributed by atoms with E-state index in [1.807, 2.05) is 39.1 Å². The van der Waals surface area contributed by atoms with Gasteiger partial charge < -0.3 is 14.1 Å². The number of nitrogens with zero attached hydrogens (tertiary/aromatic N) is 4. The lowest BCUT2D eigenvalue weighted by Crippen LogP contribution is -2.50. The molecule has 1 amide bonds. The number of hydrogen-bond acceptors (Lipinski definition) is 8. The number of hydrogen-bond donors (Lipinski definition) is 0. The summed E-state index contributed by atoms with van der Waals surface area (Å²) in [5, 5.41) is 10.9. The van der Waals surface area contributed by atoms with Crippen LogP contribution in [0.15, 0.2) is 21.1 Å². The standard InChI is InChI=1S/C18H26N4O3S2/c1-13-5-11-26-14(13)15-19-20-16(24-15)27-12-10-21-6-8-22(9-7-21)17(23)25-18(2,3)4/h5,11H,6-10,12H2,1-4H3. The predicted molar refractivity (Wildman–Crippen MR) is 107 cm³/mol. The van der Waals surface area contributed by atoms with Crippen molar-refractivity contribution in [2.75, 3.05) is 38.5 Å². The van der Waals surface area contributed by atoms with Gasteiger partial charge >= 0.3 is 6.09 Å². The molecule has 0 bridgehead atoms. The molecule has 2 aromatic rings. The number of thioether (sulfide) groups is 1. The molecule has 0 aromatic carbocycles. The molecule has 0 aliphatic carbocycles. The first-order chi connectivity index (χ1) is 12.8. The van der Waals surface area contributed by atoms with Crippen LogP contribution in [0.2, 0.25) is 0 Å². The summed E-state index contributed by atoms with van der Waals surface area (Å²) in [6.45, 7) is 11.7. The highest BCUT2D eigenvalue weighted by Crippen LogP contribution is 2.29. The van der Waals surface area contributed by atoms with Gasteiger partial charge in [0.25, 0.3) is 11.1 Å². The Morgan fingerprint density at radius 2 is 2.04 bits per heavy atom. The van der Waals surface area contributed by atoms with Crippen LogP contribution in [0.3, 0.4) is 0 Å². The third-order valence-electron chi connectivity index (χ3n) is 4.12. The molecule has 1 saturated heterocycles. The number of aromatic nitrogens is 2. The van der Waals surface area contributed by atoms with E-state index in [0.717, 1.165) is 35.8 Å². The maximum absolute atomic E-state index is 12.1. The van der Waals surface area contributed by atoms with Gasteiger partial charge in [0.05, 0.1) is 4.88 Å². The van der Waals surface area contributed by atoms with E-state index in [1.165, 1.54) is 0 Å². The highest BCUT2D eigenvalue weighted by Gasteiger charge is 2.25. The van der Waals surface area contributed by atoms with Gasteiger partial charge in [-0.2, -0.15) is 0 Å². The van der Waals surface area contributed by atoms with Gasteiger partial charge in [-0.15, -0.1) is 21.5 Å². The largest absolute Gasteiger partial charge is 0.444 e. The average Bonchev–Trinajstić information content (AvgIpc) is 3.22. The van der Waals surface area contributed by atoms with E-state index in [-0.39, 0.29) is 6.09 Å². The molecule has 2 aromatic heterocycles. The summed E-state index contributed by atoms with van der Waals surface area (Å²) in [5.41, 5.74) is 0.707. The summed E-state index contributed by atoms with van der Waals surface area (Å²) in [6.07, 6.45) is -0.223. The molecule has 1 aliphatic rings. The lowest BCUT2D eigenvalue weighted by atomic mass is 10.2. The summed E-state index contributed by atoms with van der Waals surface area (Å²) >= 11 is 3.18. The number of rotatable bonds is 5. The molecule has 3 rings (SSSR count). The molecule has 0 unspecified atom stereocenters. The van der Waals surface area contributed by atoms with Crippen LogP contribution in [-0.2, 0) is 4.74 Å². The fourth-order valence-corrected chi connectivity index (χ4v) is 4.30. The summed E-state index contributed by atoms with van der Waals surface area (Å²) in [6, 6.07) is 2.05. The normalized spacial score (nSPS) is 15.9. The molecule has 148 valence electrons. The van der Waals surface area contributed by atoms with E-state index in [9.17, 15) is 4.79 Å². The Balaban J connectivity index is 1.39. The van der Waals surface area contributed by atoms with Gasteiger partial charge in [-0.05, 0) is 44.7 Å². The first-order valence-corrected chi connectivity index (χ1v) is 10.9. The summed E-state index contributed by atoms with van der Waals surface area (Å²) in [5.74, 6) is 1.47. The van der Waals surface area contributed by atoms with Crippen LogP contribution in [0.4, 0.5) is 4.79 Å². The van der Waals surface area contributed by atoms with Crippen LogP contribution < -0.4 is 0 Å². The van der Waals surface area contributed by atoms with Crippen molar-refractivity contribution in [2.45, 2.75) is 38.5 Å². The Kier molecular flexibility index (Phi) is 6.44. The second kappa shape index (κ2) is 8.62. The van der Waals surface area contributed by atoms with Crippen molar-refractivity contribution >= 4 is 29.2 Å². The zero-order valence-electron chi connectivity index (χ0n) is 16.2. The maximum Gasteiger partial charge on any atom is 0.410 e. The van der Waals surface area contributed by atoms with Crippen molar-refractivity contribution in [3.63, 3.8) is 0 Å². The highest BCUT2D eigenvalue weighted by molar-refractivity contribution is 7.99. The number of ether oxygens (including phenoxy) is 1. The highest BCUT2D eigenvalue weighted by atomic mass is 32.2. The lowest BCUT2D eigenvalue weighted by molar-refractivity contribution is 0.0150. The quantitative estimate of drug-likeness (QED) is 0.695. The zero-order valence-corrected chi connectivity index (χ0v) is 17.9. The molecular weight excluding hydrogens is 384 g/mol. The van der Waals surface area contributed by atoms with Gasteiger partial charge in [0.15, 0.2) is 0 Å². The SMILES string of the molecule is Cc1ccsc1-c1nnc(SCCN2CCN(C(=O)OC(C)(C)C)CC2)o1. The van der Waals surface area contributed by atoms with Crippen molar-refractivity contribution < 1.29 is 13.9 Å². The number of piperazine rings is 1. The first-order valence-electron chi connectivity index (χ1n) is 9.03. The van der Waals surface area contributed by atoms with Crippen LogP contribution in [0.5, 0.6) is 0 Å². The van der Waals surface area contributed by atoms with Gasteiger partial charge in [-0.25, -0.2) is 4.79 Å². The monoisotopic (exact) mass is 410 g/mol. The fourth-order valence-electron chi connectivity index (χ4n) is 2.69. The fraction of sp³-hybridized carbons (Fsp3) is 0.611.